The van der Waals surface area contributed by atoms with Crippen molar-refractivity contribution in [3.63, 3.8) is 0 Å². The fourth-order valence-electron chi connectivity index (χ4n) is 2.40. The minimum Gasteiger partial charge on any atom is -0.322 e. The van der Waals surface area contributed by atoms with Crippen LogP contribution in [0.5, 0.6) is 0 Å². The summed E-state index contributed by atoms with van der Waals surface area (Å²) in [5, 5.41) is 5.15. The van der Waals surface area contributed by atoms with Gasteiger partial charge in [0, 0.05) is 12.7 Å². The highest BCUT2D eigenvalue weighted by Crippen LogP contribution is 2.22. The quantitative estimate of drug-likeness (QED) is 0.849. The second-order valence-electron chi connectivity index (χ2n) is 5.34. The number of hydrogen-bond acceptors (Lipinski definition) is 3. The molecule has 24 heavy (non-hydrogen) atoms. The molecule has 1 aliphatic rings. The molecule has 2 aromatic carbocycles. The summed E-state index contributed by atoms with van der Waals surface area (Å²) in [5.74, 6) is -1.51. The second kappa shape index (κ2) is 6.11. The number of halogens is 1. The lowest BCUT2D eigenvalue weighted by atomic mass is 10.1. The van der Waals surface area contributed by atoms with Gasteiger partial charge in [0.2, 0.25) is 0 Å². The lowest BCUT2D eigenvalue weighted by Gasteiger charge is -2.10. The van der Waals surface area contributed by atoms with Gasteiger partial charge in [-0.15, -0.1) is 0 Å². The zero-order chi connectivity index (χ0) is 17.3. The summed E-state index contributed by atoms with van der Waals surface area (Å²) in [5.41, 5.74) is 1.00. The monoisotopic (exact) mass is 327 g/mol. The Balaban J connectivity index is 1.74. The van der Waals surface area contributed by atoms with E-state index in [4.69, 9.17) is 0 Å². The molecule has 0 radical (unpaired) electrons. The molecule has 1 atom stereocenters. The molecule has 6 nitrogen and oxygen atoms in total. The summed E-state index contributed by atoms with van der Waals surface area (Å²) in [6.07, 6.45) is 0. The molecule has 0 bridgehead atoms. The lowest BCUT2D eigenvalue weighted by molar-refractivity contribution is -0.126. The van der Waals surface area contributed by atoms with Crippen LogP contribution in [-0.4, -0.2) is 29.8 Å². The summed E-state index contributed by atoms with van der Waals surface area (Å²) in [6, 6.07) is 10.9. The maximum Gasteiger partial charge on any atom is 0.324 e. The van der Waals surface area contributed by atoms with Gasteiger partial charge in [0.15, 0.2) is 0 Å². The molecular formula is C17H14FN3O3. The number of urea groups is 1. The van der Waals surface area contributed by atoms with Gasteiger partial charge < -0.3 is 10.6 Å². The van der Waals surface area contributed by atoms with E-state index in [-0.39, 0.29) is 11.5 Å². The van der Waals surface area contributed by atoms with Crippen molar-refractivity contribution in [3.8, 4) is 0 Å². The average Bonchev–Trinajstić information content (AvgIpc) is 2.83. The number of amides is 4. The van der Waals surface area contributed by atoms with E-state index in [0.29, 0.717) is 11.3 Å². The number of rotatable bonds is 3. The highest BCUT2D eigenvalue weighted by atomic mass is 19.1. The Labute approximate surface area is 137 Å². The first kappa shape index (κ1) is 15.7. The van der Waals surface area contributed by atoms with Crippen LogP contribution in [-0.2, 0) is 4.79 Å². The van der Waals surface area contributed by atoms with Gasteiger partial charge in [-0.1, -0.05) is 24.3 Å². The molecule has 0 spiro atoms. The maximum absolute atomic E-state index is 13.6. The molecule has 1 heterocycles. The first-order valence-electron chi connectivity index (χ1n) is 7.21. The largest absolute Gasteiger partial charge is 0.324 e. The standard InChI is InChI=1S/C17H14FN3O3/c1-21-16(23)14(20-17(21)24)10-6-8-11(9-7-10)19-15(22)12-4-2-3-5-13(12)18/h2-9,14H,1H3,(H,19,22)(H,20,24). The zero-order valence-corrected chi connectivity index (χ0v) is 12.7. The molecule has 0 aliphatic carbocycles. The minimum atomic E-state index is -0.737. The van der Waals surface area contributed by atoms with Gasteiger partial charge in [-0.05, 0) is 29.8 Å². The van der Waals surface area contributed by atoms with Crippen LogP contribution >= 0.6 is 0 Å². The van der Waals surface area contributed by atoms with Crippen molar-refractivity contribution in [3.05, 3.63) is 65.5 Å². The van der Waals surface area contributed by atoms with E-state index in [1.54, 1.807) is 30.3 Å². The van der Waals surface area contributed by atoms with Gasteiger partial charge in [0.05, 0.1) is 5.56 Å². The highest BCUT2D eigenvalue weighted by Gasteiger charge is 2.36. The van der Waals surface area contributed by atoms with Crippen LogP contribution in [0.15, 0.2) is 48.5 Å². The van der Waals surface area contributed by atoms with Crippen LogP contribution < -0.4 is 10.6 Å². The third-order valence-electron chi connectivity index (χ3n) is 3.77. The molecule has 1 aliphatic heterocycles. The van der Waals surface area contributed by atoms with E-state index < -0.39 is 23.8 Å². The fraction of sp³-hybridized carbons (Fsp3) is 0.118. The normalized spacial score (nSPS) is 16.9. The number of benzene rings is 2. The Kier molecular flexibility index (Phi) is 3.99. The molecule has 4 amide bonds. The zero-order valence-electron chi connectivity index (χ0n) is 12.7. The van der Waals surface area contributed by atoms with Crippen LogP contribution in [0.1, 0.15) is 22.0 Å². The number of imide groups is 1. The topological polar surface area (TPSA) is 78.5 Å². The van der Waals surface area contributed by atoms with Gasteiger partial charge in [0.25, 0.3) is 11.8 Å². The number of nitrogens with zero attached hydrogens (tertiary/aromatic N) is 1. The molecule has 7 heteroatoms. The molecule has 2 N–H and O–H groups in total. The van der Waals surface area contributed by atoms with Crippen molar-refractivity contribution in [2.75, 3.05) is 12.4 Å². The molecule has 2 aromatic rings. The highest BCUT2D eigenvalue weighted by molar-refractivity contribution is 6.05. The summed E-state index contributed by atoms with van der Waals surface area (Å²) in [6.45, 7) is 0. The van der Waals surface area contributed by atoms with Crippen LogP contribution in [0.4, 0.5) is 14.9 Å². The average molecular weight is 327 g/mol. The van der Waals surface area contributed by atoms with E-state index >= 15 is 0 Å². The maximum atomic E-state index is 13.6. The first-order chi connectivity index (χ1) is 11.5. The first-order valence-corrected chi connectivity index (χ1v) is 7.21. The van der Waals surface area contributed by atoms with Crippen molar-refractivity contribution >= 4 is 23.5 Å². The van der Waals surface area contributed by atoms with Crippen molar-refractivity contribution in [2.45, 2.75) is 6.04 Å². The summed E-state index contributed by atoms with van der Waals surface area (Å²) >= 11 is 0. The Morgan fingerprint density at radius 3 is 2.38 bits per heavy atom. The van der Waals surface area contributed by atoms with Gasteiger partial charge in [-0.3, -0.25) is 14.5 Å². The van der Waals surface area contributed by atoms with Gasteiger partial charge >= 0.3 is 6.03 Å². The molecule has 0 aromatic heterocycles. The Bertz CT molecular complexity index is 820. The lowest BCUT2D eigenvalue weighted by Crippen LogP contribution is -2.25. The number of carbonyl (C=O) groups is 3. The number of nitrogens with one attached hydrogen (secondary N) is 2. The van der Waals surface area contributed by atoms with Gasteiger partial charge in [0.1, 0.15) is 11.9 Å². The van der Waals surface area contributed by atoms with Crippen LogP contribution in [0.3, 0.4) is 0 Å². The minimum absolute atomic E-state index is 0.0542. The van der Waals surface area contributed by atoms with Gasteiger partial charge in [-0.25, -0.2) is 9.18 Å². The van der Waals surface area contributed by atoms with Crippen molar-refractivity contribution in [1.82, 2.24) is 10.2 Å². The smallest absolute Gasteiger partial charge is 0.322 e. The molecule has 0 saturated carbocycles. The third kappa shape index (κ3) is 2.83. The molecule has 1 unspecified atom stereocenters. The van der Waals surface area contributed by atoms with Crippen LogP contribution in [0.25, 0.3) is 0 Å². The molecule has 1 fully saturated rings. The molecule has 3 rings (SSSR count). The van der Waals surface area contributed by atoms with E-state index in [9.17, 15) is 18.8 Å². The number of hydrogen-bond donors (Lipinski definition) is 2. The van der Waals surface area contributed by atoms with E-state index in [2.05, 4.69) is 10.6 Å². The SMILES string of the molecule is CN1C(=O)NC(c2ccc(NC(=O)c3ccccc3F)cc2)C1=O. The Hall–Kier alpha value is -3.22. The third-order valence-corrected chi connectivity index (χ3v) is 3.77. The predicted molar refractivity (Wildman–Crippen MR) is 84.8 cm³/mol. The predicted octanol–water partition coefficient (Wildman–Crippen LogP) is 2.30. The Morgan fingerprint density at radius 1 is 1.12 bits per heavy atom. The number of anilines is 1. The van der Waals surface area contributed by atoms with E-state index in [1.165, 1.54) is 25.2 Å². The van der Waals surface area contributed by atoms with Crippen molar-refractivity contribution < 1.29 is 18.8 Å². The molecular weight excluding hydrogens is 313 g/mol. The van der Waals surface area contributed by atoms with Crippen molar-refractivity contribution in [1.29, 1.82) is 0 Å². The van der Waals surface area contributed by atoms with Crippen molar-refractivity contribution in [2.24, 2.45) is 0 Å². The number of carbonyl (C=O) groups excluding carboxylic acids is 3. The summed E-state index contributed by atoms with van der Waals surface area (Å²) in [7, 11) is 1.40. The fourth-order valence-corrected chi connectivity index (χ4v) is 2.40. The second-order valence-corrected chi connectivity index (χ2v) is 5.34. The van der Waals surface area contributed by atoms with Crippen LogP contribution in [0.2, 0.25) is 0 Å². The van der Waals surface area contributed by atoms with Gasteiger partial charge in [-0.2, -0.15) is 0 Å². The Morgan fingerprint density at radius 2 is 1.79 bits per heavy atom. The molecule has 1 saturated heterocycles. The number of likely N-dealkylation sites (N-methyl/N-ethyl adjacent to an activating group) is 1. The molecule has 122 valence electrons. The summed E-state index contributed by atoms with van der Waals surface area (Å²) in [4.78, 5) is 36.5. The van der Waals surface area contributed by atoms with E-state index in [1.807, 2.05) is 0 Å². The van der Waals surface area contributed by atoms with E-state index in [0.717, 1.165) is 4.90 Å². The van der Waals surface area contributed by atoms with Crippen LogP contribution in [0, 0.1) is 5.82 Å². The summed E-state index contributed by atoms with van der Waals surface area (Å²) < 4.78 is 13.6.